The van der Waals surface area contributed by atoms with Crippen LogP contribution < -0.4 is 24.8 Å². The number of ether oxygens (including phenoxy) is 3. The van der Waals surface area contributed by atoms with Crippen LogP contribution in [0.2, 0.25) is 0 Å². The zero-order chi connectivity index (χ0) is 17.3. The molecule has 1 fully saturated rings. The predicted molar refractivity (Wildman–Crippen MR) is 90.1 cm³/mol. The van der Waals surface area contributed by atoms with Crippen LogP contribution in [0.1, 0.15) is 12.8 Å². The first-order chi connectivity index (χ1) is 11.6. The second-order valence-electron chi connectivity index (χ2n) is 5.48. The summed E-state index contributed by atoms with van der Waals surface area (Å²) in [4.78, 5) is 22.4. The molecule has 24 heavy (non-hydrogen) atoms. The Hall–Kier alpha value is -2.77. The summed E-state index contributed by atoms with van der Waals surface area (Å²) >= 11 is 0. The summed E-state index contributed by atoms with van der Waals surface area (Å²) in [6.07, 6.45) is 0.981. The fourth-order valence-electron chi connectivity index (χ4n) is 2.84. The summed E-state index contributed by atoms with van der Waals surface area (Å²) in [6, 6.07) is 1.73. The highest BCUT2D eigenvalue weighted by Gasteiger charge is 2.23. The van der Waals surface area contributed by atoms with Gasteiger partial charge in [-0.2, -0.15) is 4.98 Å². The highest BCUT2D eigenvalue weighted by Crippen LogP contribution is 2.44. The maximum Gasteiger partial charge on any atom is 0.228 e. The number of hydrogen-bond donors (Lipinski definition) is 1. The third-order valence-corrected chi connectivity index (χ3v) is 4.12. The van der Waals surface area contributed by atoms with Gasteiger partial charge in [0.15, 0.2) is 11.5 Å². The Morgan fingerprint density at radius 3 is 2.29 bits per heavy atom. The first-order valence-electron chi connectivity index (χ1n) is 7.61. The van der Waals surface area contributed by atoms with Gasteiger partial charge in [0.1, 0.15) is 17.1 Å². The number of benzene rings is 1. The number of nitrogens with zero attached hydrogens (tertiary/aromatic N) is 3. The summed E-state index contributed by atoms with van der Waals surface area (Å²) < 4.78 is 16.2. The molecule has 0 unspecified atom stereocenters. The number of methoxy groups -OCH3 is 3. The molecule has 8 nitrogen and oxygen atoms in total. The maximum absolute atomic E-state index is 11.4. The molecule has 2 N–H and O–H groups in total. The normalized spacial score (nSPS) is 14.8. The van der Waals surface area contributed by atoms with Gasteiger partial charge in [-0.1, -0.05) is 0 Å². The lowest BCUT2D eigenvalue weighted by molar-refractivity contribution is -0.119. The van der Waals surface area contributed by atoms with Gasteiger partial charge >= 0.3 is 0 Å². The van der Waals surface area contributed by atoms with E-state index in [2.05, 4.69) is 9.97 Å². The van der Waals surface area contributed by atoms with Crippen LogP contribution in [0.5, 0.6) is 17.2 Å². The average Bonchev–Trinajstić information content (AvgIpc) is 2.60. The standard InChI is InChI=1S/C16H20N4O4/c1-22-11-8-10-12(14(24-3)13(11)23-2)18-16(19-15(10)17)20-6-4-9(21)5-7-20/h8H,4-7H2,1-3H3,(H2,17,18,19). The Kier molecular flexibility index (Phi) is 4.28. The average molecular weight is 332 g/mol. The molecule has 1 aromatic heterocycles. The van der Waals surface area contributed by atoms with Gasteiger partial charge in [0.25, 0.3) is 0 Å². The second-order valence-corrected chi connectivity index (χ2v) is 5.48. The molecule has 0 radical (unpaired) electrons. The van der Waals surface area contributed by atoms with Gasteiger partial charge in [-0.3, -0.25) is 4.79 Å². The number of hydrogen-bond acceptors (Lipinski definition) is 8. The van der Waals surface area contributed by atoms with Crippen LogP contribution in [0.3, 0.4) is 0 Å². The van der Waals surface area contributed by atoms with E-state index in [0.717, 1.165) is 0 Å². The molecule has 0 bridgehead atoms. The Labute approximate surface area is 139 Å². The molecular weight excluding hydrogens is 312 g/mol. The van der Waals surface area contributed by atoms with Crippen molar-refractivity contribution in [1.82, 2.24) is 9.97 Å². The monoisotopic (exact) mass is 332 g/mol. The predicted octanol–water partition coefficient (Wildman–Crippen LogP) is 1.41. The molecular formula is C16H20N4O4. The molecule has 0 spiro atoms. The maximum atomic E-state index is 11.4. The summed E-state index contributed by atoms with van der Waals surface area (Å²) in [5.41, 5.74) is 6.68. The van der Waals surface area contributed by atoms with Crippen LogP contribution in [-0.4, -0.2) is 50.2 Å². The number of carbonyl (C=O) groups excluding carboxylic acids is 1. The minimum atomic E-state index is 0.254. The first-order valence-corrected chi connectivity index (χ1v) is 7.61. The van der Waals surface area contributed by atoms with E-state index in [1.807, 2.05) is 4.90 Å². The van der Waals surface area contributed by atoms with E-state index >= 15 is 0 Å². The Morgan fingerprint density at radius 2 is 1.71 bits per heavy atom. The van der Waals surface area contributed by atoms with E-state index < -0.39 is 0 Å². The number of piperidine rings is 1. The number of nitrogens with two attached hydrogens (primary N) is 1. The van der Waals surface area contributed by atoms with Crippen LogP contribution in [0, 0.1) is 0 Å². The van der Waals surface area contributed by atoms with Crippen molar-refractivity contribution in [1.29, 1.82) is 0 Å². The van der Waals surface area contributed by atoms with Gasteiger partial charge in [0, 0.05) is 25.9 Å². The minimum Gasteiger partial charge on any atom is -0.493 e. The highest BCUT2D eigenvalue weighted by molar-refractivity contribution is 5.97. The lowest BCUT2D eigenvalue weighted by atomic mass is 10.1. The first kappa shape index (κ1) is 16.1. The van der Waals surface area contributed by atoms with Crippen LogP contribution in [0.25, 0.3) is 10.9 Å². The SMILES string of the molecule is COc1cc2c(N)nc(N3CCC(=O)CC3)nc2c(OC)c1OC. The van der Waals surface area contributed by atoms with Crippen LogP contribution >= 0.6 is 0 Å². The van der Waals surface area contributed by atoms with Crippen molar-refractivity contribution in [2.24, 2.45) is 0 Å². The van der Waals surface area contributed by atoms with E-state index in [0.29, 0.717) is 65.8 Å². The number of carbonyl (C=O) groups is 1. The highest BCUT2D eigenvalue weighted by atomic mass is 16.5. The molecule has 0 saturated carbocycles. The number of aromatic nitrogens is 2. The van der Waals surface area contributed by atoms with Crippen molar-refractivity contribution in [2.45, 2.75) is 12.8 Å². The molecule has 2 aromatic rings. The third-order valence-electron chi connectivity index (χ3n) is 4.12. The molecule has 128 valence electrons. The number of anilines is 2. The molecule has 1 aliphatic heterocycles. The van der Waals surface area contributed by atoms with Crippen molar-refractivity contribution in [3.8, 4) is 17.2 Å². The van der Waals surface area contributed by atoms with Crippen LogP contribution in [0.4, 0.5) is 11.8 Å². The molecule has 0 amide bonds. The van der Waals surface area contributed by atoms with Gasteiger partial charge in [0.05, 0.1) is 26.7 Å². The molecule has 8 heteroatoms. The van der Waals surface area contributed by atoms with Crippen molar-refractivity contribution >= 4 is 28.5 Å². The summed E-state index contributed by atoms with van der Waals surface area (Å²) in [6.45, 7) is 1.17. The van der Waals surface area contributed by atoms with Crippen molar-refractivity contribution in [2.75, 3.05) is 45.1 Å². The number of fused-ring (bicyclic) bond motifs is 1. The van der Waals surface area contributed by atoms with Crippen LogP contribution in [-0.2, 0) is 4.79 Å². The Bertz CT molecular complexity index is 783. The summed E-state index contributed by atoms with van der Waals surface area (Å²) in [5, 5.41) is 0.626. The molecule has 1 saturated heterocycles. The lowest BCUT2D eigenvalue weighted by Gasteiger charge is -2.26. The van der Waals surface area contributed by atoms with Gasteiger partial charge in [-0.15, -0.1) is 0 Å². The lowest BCUT2D eigenvalue weighted by Crippen LogP contribution is -2.35. The van der Waals surface area contributed by atoms with E-state index in [9.17, 15) is 4.79 Å². The van der Waals surface area contributed by atoms with E-state index in [4.69, 9.17) is 19.9 Å². The number of ketones is 1. The summed E-state index contributed by atoms with van der Waals surface area (Å²) in [5.74, 6) is 2.45. The van der Waals surface area contributed by atoms with E-state index in [1.165, 1.54) is 14.2 Å². The molecule has 2 heterocycles. The Morgan fingerprint density at radius 1 is 1.04 bits per heavy atom. The molecule has 3 rings (SSSR count). The molecule has 0 atom stereocenters. The summed E-state index contributed by atoms with van der Waals surface area (Å²) in [7, 11) is 4.61. The zero-order valence-corrected chi connectivity index (χ0v) is 14.0. The fourth-order valence-corrected chi connectivity index (χ4v) is 2.84. The third kappa shape index (κ3) is 2.64. The van der Waals surface area contributed by atoms with Gasteiger partial charge in [-0.05, 0) is 6.07 Å². The smallest absolute Gasteiger partial charge is 0.228 e. The fraction of sp³-hybridized carbons (Fsp3) is 0.438. The van der Waals surface area contributed by atoms with Crippen molar-refractivity contribution in [3.05, 3.63) is 6.07 Å². The number of rotatable bonds is 4. The molecule has 0 aliphatic carbocycles. The quantitative estimate of drug-likeness (QED) is 0.897. The number of Topliss-reactive ketones (excluding diaryl/α,β-unsaturated/α-hetero) is 1. The molecule has 1 aromatic carbocycles. The van der Waals surface area contributed by atoms with Crippen LogP contribution in [0.15, 0.2) is 6.07 Å². The molecule has 1 aliphatic rings. The van der Waals surface area contributed by atoms with Crippen molar-refractivity contribution in [3.63, 3.8) is 0 Å². The second kappa shape index (κ2) is 6.38. The van der Waals surface area contributed by atoms with Gasteiger partial charge in [0.2, 0.25) is 11.7 Å². The van der Waals surface area contributed by atoms with Gasteiger partial charge < -0.3 is 24.8 Å². The largest absolute Gasteiger partial charge is 0.493 e. The van der Waals surface area contributed by atoms with Crippen molar-refractivity contribution < 1.29 is 19.0 Å². The van der Waals surface area contributed by atoms with E-state index in [-0.39, 0.29) is 5.78 Å². The topological polar surface area (TPSA) is 99.8 Å². The Balaban J connectivity index is 2.17. The van der Waals surface area contributed by atoms with Gasteiger partial charge in [-0.25, -0.2) is 4.98 Å². The van der Waals surface area contributed by atoms with E-state index in [1.54, 1.807) is 13.2 Å². The number of nitrogen functional groups attached to an aromatic ring is 1. The zero-order valence-electron chi connectivity index (χ0n) is 14.0. The minimum absolute atomic E-state index is 0.254.